The second-order valence-corrected chi connectivity index (χ2v) is 13.6. The lowest BCUT2D eigenvalue weighted by Gasteiger charge is -2.12. The maximum Gasteiger partial charge on any atom is 0.161 e. The molecule has 0 spiro atoms. The predicted octanol–water partition coefficient (Wildman–Crippen LogP) is 12.6. The number of thiophene rings is 1. The Hall–Kier alpha value is -6.36. The first-order valence-electron chi connectivity index (χ1n) is 16.8. The van der Waals surface area contributed by atoms with E-state index in [2.05, 4.69) is 168 Å². The third-order valence-electron chi connectivity index (χ3n) is 9.63. The molecule has 0 unspecified atom stereocenters. The summed E-state index contributed by atoms with van der Waals surface area (Å²) in [4.78, 5) is 10.5. The molecule has 0 aliphatic rings. The molecule has 0 aliphatic carbocycles. The van der Waals surface area contributed by atoms with Crippen LogP contribution in [0, 0.1) is 0 Å². The van der Waals surface area contributed by atoms with Crippen LogP contribution in [0.15, 0.2) is 176 Å². The van der Waals surface area contributed by atoms with Crippen LogP contribution in [0.25, 0.3) is 92.7 Å². The molecule has 3 heterocycles. The Morgan fingerprint density at radius 3 is 1.72 bits per heavy atom. The van der Waals surface area contributed by atoms with E-state index in [4.69, 9.17) is 9.97 Å². The highest BCUT2D eigenvalue weighted by Crippen LogP contribution is 2.45. The van der Waals surface area contributed by atoms with E-state index in [9.17, 15) is 0 Å². The molecule has 50 heavy (non-hydrogen) atoms. The predicted molar refractivity (Wildman–Crippen MR) is 211 cm³/mol. The lowest BCUT2D eigenvalue weighted by Crippen LogP contribution is -1.96. The van der Waals surface area contributed by atoms with Crippen molar-refractivity contribution in [3.63, 3.8) is 0 Å². The Morgan fingerprint density at radius 1 is 0.420 bits per heavy atom. The molecule has 0 saturated carbocycles. The van der Waals surface area contributed by atoms with Gasteiger partial charge in [-0.25, -0.2) is 9.97 Å². The van der Waals surface area contributed by atoms with Gasteiger partial charge in [-0.3, -0.25) is 0 Å². The average molecular weight is 656 g/mol. The molecule has 10 aromatic rings. The van der Waals surface area contributed by atoms with Gasteiger partial charge in [-0.1, -0.05) is 127 Å². The highest BCUT2D eigenvalue weighted by molar-refractivity contribution is 7.26. The second-order valence-electron chi connectivity index (χ2n) is 12.6. The number of aromatic nitrogens is 3. The molecule has 0 N–H and O–H groups in total. The van der Waals surface area contributed by atoms with Crippen molar-refractivity contribution in [1.29, 1.82) is 0 Å². The summed E-state index contributed by atoms with van der Waals surface area (Å²) in [5.41, 5.74) is 11.0. The van der Waals surface area contributed by atoms with Crippen LogP contribution >= 0.6 is 11.3 Å². The number of benzene rings is 7. The minimum absolute atomic E-state index is 0.728. The maximum absolute atomic E-state index is 5.24. The van der Waals surface area contributed by atoms with Gasteiger partial charge in [0, 0.05) is 53.3 Å². The molecule has 4 heteroatoms. The molecule has 0 saturated heterocycles. The number of fused-ring (bicyclic) bond motifs is 6. The van der Waals surface area contributed by atoms with E-state index in [0.29, 0.717) is 0 Å². The van der Waals surface area contributed by atoms with Gasteiger partial charge in [0.2, 0.25) is 0 Å². The summed E-state index contributed by atoms with van der Waals surface area (Å²) in [6.07, 6.45) is 0. The van der Waals surface area contributed by atoms with E-state index in [0.717, 1.165) is 39.6 Å². The Labute approximate surface area is 293 Å². The Kier molecular flexibility index (Phi) is 6.68. The van der Waals surface area contributed by atoms with Crippen molar-refractivity contribution in [3.05, 3.63) is 176 Å². The molecule has 0 radical (unpaired) electrons. The van der Waals surface area contributed by atoms with Gasteiger partial charge in [-0.15, -0.1) is 11.3 Å². The third kappa shape index (κ3) is 4.65. The van der Waals surface area contributed by atoms with Crippen molar-refractivity contribution in [3.8, 4) is 50.7 Å². The SMILES string of the molecule is c1ccc(-c2cc(-c3ccccc3)nc(-c3ccc(-c4ccc5c(c4)c4ccccc4n5-c4ccccc4)c4sc5ccccc5c34)n2)cc1. The summed E-state index contributed by atoms with van der Waals surface area (Å²) in [7, 11) is 0. The quantitative estimate of drug-likeness (QED) is 0.185. The Balaban J connectivity index is 1.22. The van der Waals surface area contributed by atoms with E-state index in [1.807, 2.05) is 23.5 Å². The molecule has 7 aromatic carbocycles. The summed E-state index contributed by atoms with van der Waals surface area (Å²) >= 11 is 1.84. The highest BCUT2D eigenvalue weighted by Gasteiger charge is 2.20. The Bertz CT molecular complexity index is 2800. The summed E-state index contributed by atoms with van der Waals surface area (Å²) < 4.78 is 4.86. The largest absolute Gasteiger partial charge is 0.309 e. The van der Waals surface area contributed by atoms with Crippen molar-refractivity contribution in [1.82, 2.24) is 14.5 Å². The zero-order chi connectivity index (χ0) is 33.0. The van der Waals surface area contributed by atoms with Gasteiger partial charge in [-0.2, -0.15) is 0 Å². The molecular formula is C46H29N3S. The topological polar surface area (TPSA) is 30.7 Å². The zero-order valence-corrected chi connectivity index (χ0v) is 27.8. The first-order chi connectivity index (χ1) is 24.8. The van der Waals surface area contributed by atoms with Gasteiger partial charge in [0.25, 0.3) is 0 Å². The minimum atomic E-state index is 0.728. The number of para-hydroxylation sites is 2. The monoisotopic (exact) mass is 655 g/mol. The van der Waals surface area contributed by atoms with Crippen LogP contribution in [0.1, 0.15) is 0 Å². The van der Waals surface area contributed by atoms with Gasteiger partial charge in [0.05, 0.1) is 22.4 Å². The van der Waals surface area contributed by atoms with Crippen LogP contribution in [0.3, 0.4) is 0 Å². The molecule has 0 bridgehead atoms. The van der Waals surface area contributed by atoms with Crippen LogP contribution in [-0.2, 0) is 0 Å². The van der Waals surface area contributed by atoms with E-state index in [-0.39, 0.29) is 0 Å². The summed E-state index contributed by atoms with van der Waals surface area (Å²) in [6, 6.07) is 62.4. The highest BCUT2D eigenvalue weighted by atomic mass is 32.1. The van der Waals surface area contributed by atoms with E-state index < -0.39 is 0 Å². The van der Waals surface area contributed by atoms with E-state index in [1.54, 1.807) is 0 Å². The minimum Gasteiger partial charge on any atom is -0.309 e. The number of hydrogen-bond acceptors (Lipinski definition) is 3. The van der Waals surface area contributed by atoms with Crippen molar-refractivity contribution in [2.24, 2.45) is 0 Å². The van der Waals surface area contributed by atoms with Crippen LogP contribution < -0.4 is 0 Å². The summed E-state index contributed by atoms with van der Waals surface area (Å²) in [5, 5.41) is 4.91. The fourth-order valence-corrected chi connectivity index (χ4v) is 8.58. The lowest BCUT2D eigenvalue weighted by molar-refractivity contribution is 1.18. The van der Waals surface area contributed by atoms with Gasteiger partial charge in [-0.05, 0) is 59.7 Å². The fraction of sp³-hybridized carbons (Fsp3) is 0. The van der Waals surface area contributed by atoms with Gasteiger partial charge in [0.1, 0.15) is 0 Å². The third-order valence-corrected chi connectivity index (χ3v) is 10.8. The fourth-order valence-electron chi connectivity index (χ4n) is 7.32. The van der Waals surface area contributed by atoms with Crippen LogP contribution in [0.2, 0.25) is 0 Å². The number of rotatable bonds is 5. The van der Waals surface area contributed by atoms with Crippen molar-refractivity contribution < 1.29 is 0 Å². The number of nitrogens with zero attached hydrogens (tertiary/aromatic N) is 3. The maximum atomic E-state index is 5.24. The summed E-state index contributed by atoms with van der Waals surface area (Å²) in [6.45, 7) is 0. The van der Waals surface area contributed by atoms with Crippen molar-refractivity contribution in [2.45, 2.75) is 0 Å². The van der Waals surface area contributed by atoms with E-state index >= 15 is 0 Å². The molecule has 3 aromatic heterocycles. The Morgan fingerprint density at radius 2 is 1.00 bits per heavy atom. The number of hydrogen-bond donors (Lipinski definition) is 0. The molecule has 0 atom stereocenters. The van der Waals surface area contributed by atoms with Gasteiger partial charge < -0.3 is 4.57 Å². The molecule has 3 nitrogen and oxygen atoms in total. The molecule has 234 valence electrons. The first-order valence-corrected chi connectivity index (χ1v) is 17.7. The van der Waals surface area contributed by atoms with Crippen LogP contribution in [0.5, 0.6) is 0 Å². The normalized spacial score (nSPS) is 11.6. The van der Waals surface area contributed by atoms with Gasteiger partial charge >= 0.3 is 0 Å². The van der Waals surface area contributed by atoms with Gasteiger partial charge in [0.15, 0.2) is 5.82 Å². The standard InChI is InChI=1S/C46H29N3S/c1-4-14-30(15-5-1)39-29-40(31-16-6-2-7-17-31)48-46(47-39)37-26-25-34(45-44(37)36-21-11-13-23-43(36)50-45)32-24-27-42-38(28-32)35-20-10-12-22-41(35)49(42)33-18-8-3-9-19-33/h1-29H. The average Bonchev–Trinajstić information content (AvgIpc) is 3.75. The molecule has 0 aliphatic heterocycles. The molecular weight excluding hydrogens is 627 g/mol. The lowest BCUT2D eigenvalue weighted by atomic mass is 9.97. The molecule has 0 fully saturated rings. The van der Waals surface area contributed by atoms with Crippen LogP contribution in [-0.4, -0.2) is 14.5 Å². The second kappa shape index (κ2) is 11.7. The van der Waals surface area contributed by atoms with Crippen molar-refractivity contribution in [2.75, 3.05) is 0 Å². The van der Waals surface area contributed by atoms with E-state index in [1.165, 1.54) is 53.1 Å². The van der Waals surface area contributed by atoms with Crippen LogP contribution in [0.4, 0.5) is 0 Å². The van der Waals surface area contributed by atoms with Crippen molar-refractivity contribution >= 4 is 53.3 Å². The molecule has 10 rings (SSSR count). The smallest absolute Gasteiger partial charge is 0.161 e. The summed E-state index contributed by atoms with van der Waals surface area (Å²) in [5.74, 6) is 0.728. The zero-order valence-electron chi connectivity index (χ0n) is 27.0. The first kappa shape index (κ1) is 28.6. The molecule has 0 amide bonds.